The zero-order valence-electron chi connectivity index (χ0n) is 11.0. The van der Waals surface area contributed by atoms with Crippen LogP contribution in [0.1, 0.15) is 27.2 Å². The first kappa shape index (κ1) is 13.5. The molecule has 0 aliphatic rings. The van der Waals surface area contributed by atoms with E-state index in [0.29, 0.717) is 22.8 Å². The monoisotopic (exact) mass is 268 g/mol. The number of aromatic nitrogens is 2. The Morgan fingerprint density at radius 3 is 2.45 bits per heavy atom. The number of carbonyl (C=O) groups is 1. The smallest absolute Gasteiger partial charge is 0.335 e. The number of nitrogens with zero attached hydrogens (tertiary/aromatic N) is 3. The second-order valence-electron chi connectivity index (χ2n) is 4.25. The third-order valence-corrected chi connectivity index (χ3v) is 2.96. The molecule has 20 heavy (non-hydrogen) atoms. The van der Waals surface area contributed by atoms with Gasteiger partial charge >= 0.3 is 5.97 Å². The molecule has 0 aliphatic heterocycles. The molecule has 100 valence electrons. The molecule has 0 atom stereocenters. The lowest BCUT2D eigenvalue weighted by molar-refractivity contribution is 0.0697. The Labute approximate surface area is 115 Å². The van der Waals surface area contributed by atoms with Gasteiger partial charge < -0.3 is 10.4 Å². The van der Waals surface area contributed by atoms with Gasteiger partial charge in [0.05, 0.1) is 11.3 Å². The number of nitriles is 1. The van der Waals surface area contributed by atoms with E-state index in [1.807, 2.05) is 0 Å². The summed E-state index contributed by atoms with van der Waals surface area (Å²) < 4.78 is 0. The molecular formula is C14H12N4O2. The van der Waals surface area contributed by atoms with E-state index in [-0.39, 0.29) is 5.56 Å². The van der Waals surface area contributed by atoms with Crippen LogP contribution in [0.4, 0.5) is 11.5 Å². The average Bonchev–Trinajstić information content (AvgIpc) is 2.44. The normalized spacial score (nSPS) is 9.85. The zero-order chi connectivity index (χ0) is 14.7. The summed E-state index contributed by atoms with van der Waals surface area (Å²) in [4.78, 5) is 10.8. The van der Waals surface area contributed by atoms with Crippen LogP contribution in [0.3, 0.4) is 0 Å². The Balaban J connectivity index is 2.33. The molecule has 0 unspecified atom stereocenters. The Kier molecular flexibility index (Phi) is 3.62. The molecular weight excluding hydrogens is 256 g/mol. The van der Waals surface area contributed by atoms with Crippen molar-refractivity contribution in [2.24, 2.45) is 0 Å². The number of aromatic carboxylic acids is 1. The number of carboxylic acid groups (broad SMARTS) is 1. The van der Waals surface area contributed by atoms with Crippen LogP contribution in [0.15, 0.2) is 24.3 Å². The largest absolute Gasteiger partial charge is 0.478 e. The van der Waals surface area contributed by atoms with E-state index in [1.54, 1.807) is 26.0 Å². The number of anilines is 2. The van der Waals surface area contributed by atoms with E-state index in [1.165, 1.54) is 12.1 Å². The second-order valence-corrected chi connectivity index (χ2v) is 4.25. The van der Waals surface area contributed by atoms with E-state index in [9.17, 15) is 10.1 Å². The van der Waals surface area contributed by atoms with Crippen LogP contribution in [0, 0.1) is 25.2 Å². The molecule has 0 saturated carbocycles. The number of benzene rings is 1. The van der Waals surface area contributed by atoms with Crippen molar-refractivity contribution < 1.29 is 9.90 Å². The number of nitrogens with one attached hydrogen (secondary N) is 1. The summed E-state index contributed by atoms with van der Waals surface area (Å²) in [6.45, 7) is 3.59. The molecule has 0 aliphatic carbocycles. The van der Waals surface area contributed by atoms with Crippen LogP contribution < -0.4 is 5.32 Å². The Hall–Kier alpha value is -2.94. The number of carboxylic acids is 1. The molecule has 0 bridgehead atoms. The fourth-order valence-electron chi connectivity index (χ4n) is 1.67. The molecule has 1 aromatic carbocycles. The van der Waals surface area contributed by atoms with Gasteiger partial charge in [0.15, 0.2) is 5.82 Å². The molecule has 2 aromatic rings. The van der Waals surface area contributed by atoms with Crippen molar-refractivity contribution in [2.75, 3.05) is 5.32 Å². The predicted molar refractivity (Wildman–Crippen MR) is 72.9 cm³/mol. The summed E-state index contributed by atoms with van der Waals surface area (Å²) in [7, 11) is 0. The van der Waals surface area contributed by atoms with Crippen molar-refractivity contribution in [1.29, 1.82) is 5.26 Å². The van der Waals surface area contributed by atoms with Crippen molar-refractivity contribution in [3.8, 4) is 6.07 Å². The lowest BCUT2D eigenvalue weighted by atomic mass is 10.1. The van der Waals surface area contributed by atoms with E-state index in [0.717, 1.165) is 5.56 Å². The van der Waals surface area contributed by atoms with Crippen LogP contribution in [0.25, 0.3) is 0 Å². The van der Waals surface area contributed by atoms with Gasteiger partial charge in [-0.15, -0.1) is 5.10 Å². The molecule has 6 nitrogen and oxygen atoms in total. The molecule has 1 aromatic heterocycles. The molecule has 6 heteroatoms. The maximum atomic E-state index is 10.8. The predicted octanol–water partition coefficient (Wildman–Crippen LogP) is 2.41. The molecule has 0 fully saturated rings. The summed E-state index contributed by atoms with van der Waals surface area (Å²) in [6, 6.07) is 8.28. The fourth-order valence-corrected chi connectivity index (χ4v) is 1.67. The highest BCUT2D eigenvalue weighted by atomic mass is 16.4. The summed E-state index contributed by atoms with van der Waals surface area (Å²) in [5.41, 5.74) is 2.74. The molecule has 0 radical (unpaired) electrons. The van der Waals surface area contributed by atoms with E-state index in [2.05, 4.69) is 21.6 Å². The van der Waals surface area contributed by atoms with E-state index < -0.39 is 5.97 Å². The second kappa shape index (κ2) is 5.36. The summed E-state index contributed by atoms with van der Waals surface area (Å²) in [6.07, 6.45) is 0. The number of hydrogen-bond acceptors (Lipinski definition) is 5. The molecule has 0 amide bonds. The highest BCUT2D eigenvalue weighted by Gasteiger charge is 2.11. The number of hydrogen-bond donors (Lipinski definition) is 2. The molecule has 0 spiro atoms. The Morgan fingerprint density at radius 2 is 1.90 bits per heavy atom. The van der Waals surface area contributed by atoms with Gasteiger partial charge in [-0.05, 0) is 43.7 Å². The SMILES string of the molecule is Cc1nnc(Nc2ccc(C(=O)O)cc2)c(C#N)c1C. The molecule has 2 rings (SSSR count). The highest BCUT2D eigenvalue weighted by molar-refractivity contribution is 5.88. The topological polar surface area (TPSA) is 98.9 Å². The Morgan fingerprint density at radius 1 is 1.25 bits per heavy atom. The molecule has 0 saturated heterocycles. The first-order valence-corrected chi connectivity index (χ1v) is 5.87. The summed E-state index contributed by atoms with van der Waals surface area (Å²) in [5, 5.41) is 28.9. The first-order valence-electron chi connectivity index (χ1n) is 5.87. The van der Waals surface area contributed by atoms with E-state index >= 15 is 0 Å². The van der Waals surface area contributed by atoms with Crippen molar-refractivity contribution in [3.63, 3.8) is 0 Å². The quantitative estimate of drug-likeness (QED) is 0.886. The van der Waals surface area contributed by atoms with Gasteiger partial charge in [0.1, 0.15) is 11.6 Å². The van der Waals surface area contributed by atoms with Crippen molar-refractivity contribution in [3.05, 3.63) is 46.6 Å². The Bertz CT molecular complexity index is 702. The average molecular weight is 268 g/mol. The minimum atomic E-state index is -0.986. The minimum absolute atomic E-state index is 0.197. The van der Waals surface area contributed by atoms with Gasteiger partial charge in [0.25, 0.3) is 0 Å². The van der Waals surface area contributed by atoms with E-state index in [4.69, 9.17) is 5.11 Å². The van der Waals surface area contributed by atoms with Gasteiger partial charge in [0, 0.05) is 5.69 Å². The van der Waals surface area contributed by atoms with Crippen LogP contribution in [0.2, 0.25) is 0 Å². The lowest BCUT2D eigenvalue weighted by Crippen LogP contribution is -2.04. The van der Waals surface area contributed by atoms with Crippen LogP contribution in [-0.2, 0) is 0 Å². The standard InChI is InChI=1S/C14H12N4O2/c1-8-9(2)17-18-13(12(8)7-15)16-11-5-3-10(4-6-11)14(19)20/h3-6H,1-2H3,(H,16,18)(H,19,20). The maximum Gasteiger partial charge on any atom is 0.335 e. The van der Waals surface area contributed by atoms with Gasteiger partial charge in [-0.2, -0.15) is 10.4 Å². The fraction of sp³-hybridized carbons (Fsp3) is 0.143. The maximum absolute atomic E-state index is 10.8. The number of aryl methyl sites for hydroxylation is 1. The minimum Gasteiger partial charge on any atom is -0.478 e. The summed E-state index contributed by atoms with van der Waals surface area (Å²) in [5.74, 6) is -0.626. The van der Waals surface area contributed by atoms with Gasteiger partial charge in [-0.25, -0.2) is 4.79 Å². The first-order chi connectivity index (χ1) is 9.52. The van der Waals surface area contributed by atoms with Crippen LogP contribution in [0.5, 0.6) is 0 Å². The third-order valence-electron chi connectivity index (χ3n) is 2.96. The van der Waals surface area contributed by atoms with Gasteiger partial charge in [-0.3, -0.25) is 0 Å². The lowest BCUT2D eigenvalue weighted by Gasteiger charge is -2.09. The van der Waals surface area contributed by atoms with Gasteiger partial charge in [0.2, 0.25) is 0 Å². The highest BCUT2D eigenvalue weighted by Crippen LogP contribution is 2.21. The third kappa shape index (κ3) is 2.57. The van der Waals surface area contributed by atoms with Crippen LogP contribution >= 0.6 is 0 Å². The van der Waals surface area contributed by atoms with Crippen molar-refractivity contribution >= 4 is 17.5 Å². The van der Waals surface area contributed by atoms with Gasteiger partial charge in [-0.1, -0.05) is 0 Å². The molecule has 1 heterocycles. The molecule has 2 N–H and O–H groups in total. The number of rotatable bonds is 3. The summed E-state index contributed by atoms with van der Waals surface area (Å²) >= 11 is 0. The van der Waals surface area contributed by atoms with Crippen molar-refractivity contribution in [1.82, 2.24) is 10.2 Å². The zero-order valence-corrected chi connectivity index (χ0v) is 11.0. The van der Waals surface area contributed by atoms with Crippen LogP contribution in [-0.4, -0.2) is 21.3 Å². The van der Waals surface area contributed by atoms with Crippen molar-refractivity contribution in [2.45, 2.75) is 13.8 Å².